The SMILES string of the molecule is CC1(C)CC[C@]2(B3OC(=O)C(CC(=O)O)(CC(=O)O)O3)CC[C@]3(C)[C@H](C(=O)C=C4[C@@]5(C)C=C(C#N)C(=O)C(C)(C)[C@@H]5CC[C@]43C)[C@@H]2C1. The van der Waals surface area contributed by atoms with Crippen LogP contribution in [0.15, 0.2) is 23.3 Å². The molecule has 0 bridgehead atoms. The highest BCUT2D eigenvalue weighted by atomic mass is 16.7. The second kappa shape index (κ2) is 10.1. The number of allylic oxidation sites excluding steroid dienone is 4. The number of Topliss-reactive ketones (excluding diaryl/α,β-unsaturated/α-hetero) is 1. The van der Waals surface area contributed by atoms with Crippen molar-refractivity contribution in [1.82, 2.24) is 0 Å². The molecular weight excluding hydrogens is 601 g/mol. The zero-order valence-electron chi connectivity index (χ0n) is 28.5. The van der Waals surface area contributed by atoms with E-state index < -0.39 is 76.4 Å². The molecule has 11 heteroatoms. The summed E-state index contributed by atoms with van der Waals surface area (Å²) in [4.78, 5) is 65.2. The van der Waals surface area contributed by atoms with Crippen molar-refractivity contribution >= 4 is 36.6 Å². The molecule has 7 atom stereocenters. The molecule has 4 fully saturated rings. The molecule has 0 aromatic rings. The molecule has 0 amide bonds. The maximum Gasteiger partial charge on any atom is 0.535 e. The van der Waals surface area contributed by atoms with Crippen LogP contribution < -0.4 is 0 Å². The zero-order valence-corrected chi connectivity index (χ0v) is 28.5. The molecule has 0 aromatic carbocycles. The van der Waals surface area contributed by atoms with Crippen molar-refractivity contribution in [2.45, 2.75) is 117 Å². The predicted molar refractivity (Wildman–Crippen MR) is 169 cm³/mol. The summed E-state index contributed by atoms with van der Waals surface area (Å²) < 4.78 is 12.1. The van der Waals surface area contributed by atoms with Crippen molar-refractivity contribution in [2.75, 3.05) is 0 Å². The van der Waals surface area contributed by atoms with Gasteiger partial charge in [0.25, 0.3) is 0 Å². The van der Waals surface area contributed by atoms with Crippen LogP contribution in [0.25, 0.3) is 0 Å². The van der Waals surface area contributed by atoms with Gasteiger partial charge in [-0.2, -0.15) is 5.26 Å². The van der Waals surface area contributed by atoms with Crippen molar-refractivity contribution in [1.29, 1.82) is 5.26 Å². The van der Waals surface area contributed by atoms with Crippen LogP contribution in [0.5, 0.6) is 0 Å². The summed E-state index contributed by atoms with van der Waals surface area (Å²) in [7, 11) is -1.18. The minimum Gasteiger partial charge on any atom is -0.507 e. The Morgan fingerprint density at radius 2 is 1.57 bits per heavy atom. The first-order valence-electron chi connectivity index (χ1n) is 16.9. The maximum atomic E-state index is 14.8. The number of carbonyl (C=O) groups excluding carboxylic acids is 3. The first kappa shape index (κ1) is 33.6. The van der Waals surface area contributed by atoms with Gasteiger partial charge in [0, 0.05) is 22.1 Å². The number of aliphatic carboxylic acids is 2. The molecule has 3 saturated carbocycles. The standard InChI is InChI=1S/C36H46BNO9/c1-30(2)10-12-35(37-46-29(45)36(47-37,17-25(40)41)18-26(42)43)13-11-34(7)27(21(35)16-30)22(39)14-24-32(5)15-20(19-38)28(44)31(3,4)23(32)8-9-33(24,34)6/h14-15,21,23,27H,8-13,16-18H2,1-7H3,(H,40,41)(H,42,43)/t21-,23-,27-,32-,33+,34+,35-/m0/s1. The van der Waals surface area contributed by atoms with Crippen LogP contribution in [0, 0.1) is 56.2 Å². The van der Waals surface area contributed by atoms with E-state index >= 15 is 0 Å². The van der Waals surface area contributed by atoms with Gasteiger partial charge < -0.3 is 19.5 Å². The summed E-state index contributed by atoms with van der Waals surface area (Å²) in [5.41, 5.74) is -3.56. The van der Waals surface area contributed by atoms with Gasteiger partial charge >= 0.3 is 25.0 Å². The Morgan fingerprint density at radius 1 is 0.957 bits per heavy atom. The topological polar surface area (TPSA) is 168 Å². The second-order valence-electron chi connectivity index (χ2n) is 17.5. The molecule has 1 aliphatic heterocycles. The monoisotopic (exact) mass is 647 g/mol. The fourth-order valence-corrected chi connectivity index (χ4v) is 11.6. The Morgan fingerprint density at radius 3 is 2.17 bits per heavy atom. The molecule has 0 unspecified atom stereocenters. The van der Waals surface area contributed by atoms with Crippen LogP contribution in [-0.4, -0.2) is 52.4 Å². The van der Waals surface area contributed by atoms with E-state index in [-0.39, 0.29) is 34.4 Å². The van der Waals surface area contributed by atoms with Gasteiger partial charge in [-0.25, -0.2) is 0 Å². The minimum atomic E-state index is -2.14. The van der Waals surface area contributed by atoms with Gasteiger partial charge in [-0.15, -0.1) is 0 Å². The third-order valence-electron chi connectivity index (χ3n) is 14.2. The number of carboxylic acid groups (broad SMARTS) is 2. The van der Waals surface area contributed by atoms with Crippen molar-refractivity contribution in [3.63, 3.8) is 0 Å². The van der Waals surface area contributed by atoms with E-state index in [0.29, 0.717) is 25.7 Å². The number of nitriles is 1. The largest absolute Gasteiger partial charge is 0.535 e. The van der Waals surface area contributed by atoms with Gasteiger partial charge in [-0.3, -0.25) is 24.0 Å². The van der Waals surface area contributed by atoms with E-state index in [0.717, 1.165) is 24.8 Å². The summed E-state index contributed by atoms with van der Waals surface area (Å²) in [6.45, 7) is 14.7. The van der Waals surface area contributed by atoms with E-state index in [1.807, 2.05) is 19.9 Å². The number of hydrogen-bond donors (Lipinski definition) is 2. The summed E-state index contributed by atoms with van der Waals surface area (Å²) in [5, 5.41) is 28.4. The second-order valence-corrected chi connectivity index (χ2v) is 17.5. The van der Waals surface area contributed by atoms with Gasteiger partial charge in [-0.05, 0) is 79.1 Å². The zero-order chi connectivity index (χ0) is 34.8. The van der Waals surface area contributed by atoms with Gasteiger partial charge in [0.2, 0.25) is 0 Å². The number of carboxylic acids is 2. The minimum absolute atomic E-state index is 0.0260. The molecule has 6 rings (SSSR count). The predicted octanol–water partition coefficient (Wildman–Crippen LogP) is 5.71. The average Bonchev–Trinajstić information content (AvgIpc) is 3.26. The molecule has 0 radical (unpaired) electrons. The molecule has 252 valence electrons. The highest BCUT2D eigenvalue weighted by Crippen LogP contribution is 2.76. The first-order chi connectivity index (χ1) is 21.6. The highest BCUT2D eigenvalue weighted by molar-refractivity contribution is 6.53. The highest BCUT2D eigenvalue weighted by Gasteiger charge is 2.74. The average molecular weight is 648 g/mol. The summed E-state index contributed by atoms with van der Waals surface area (Å²) in [6, 6.07) is 2.14. The van der Waals surface area contributed by atoms with Crippen molar-refractivity contribution < 1.29 is 43.5 Å². The molecular formula is C36H46BNO9. The lowest BCUT2D eigenvalue weighted by atomic mass is 9.30. The molecule has 5 aliphatic carbocycles. The Bertz CT molecular complexity index is 1590. The lowest BCUT2D eigenvalue weighted by Gasteiger charge is -2.69. The lowest BCUT2D eigenvalue weighted by molar-refractivity contribution is -0.157. The maximum absolute atomic E-state index is 14.8. The molecule has 10 nitrogen and oxygen atoms in total. The molecule has 1 heterocycles. The van der Waals surface area contributed by atoms with Crippen LogP contribution in [-0.2, 0) is 33.3 Å². The number of hydrogen-bond acceptors (Lipinski definition) is 8. The van der Waals surface area contributed by atoms with Crippen LogP contribution in [0.2, 0.25) is 5.31 Å². The van der Waals surface area contributed by atoms with Crippen molar-refractivity contribution in [2.24, 2.45) is 44.8 Å². The number of fused-ring (bicyclic) bond motifs is 7. The molecule has 0 spiro atoms. The fraction of sp³-hybridized carbons (Fsp3) is 0.722. The quantitative estimate of drug-likeness (QED) is 0.353. The smallest absolute Gasteiger partial charge is 0.507 e. The Labute approximate surface area is 276 Å². The van der Waals surface area contributed by atoms with Gasteiger partial charge in [-0.1, -0.05) is 60.1 Å². The number of rotatable bonds is 5. The van der Waals surface area contributed by atoms with Crippen LogP contribution in [0.1, 0.15) is 106 Å². The van der Waals surface area contributed by atoms with Crippen molar-refractivity contribution in [3.8, 4) is 6.07 Å². The Balaban J connectivity index is 1.47. The third-order valence-corrected chi connectivity index (χ3v) is 14.2. The fourth-order valence-electron chi connectivity index (χ4n) is 11.6. The van der Waals surface area contributed by atoms with Crippen LogP contribution in [0.4, 0.5) is 0 Å². The van der Waals surface area contributed by atoms with E-state index in [1.54, 1.807) is 6.08 Å². The van der Waals surface area contributed by atoms with Gasteiger partial charge in [0.15, 0.2) is 17.2 Å². The summed E-state index contributed by atoms with van der Waals surface area (Å²) in [6.07, 6.45) is 6.64. The van der Waals surface area contributed by atoms with Gasteiger partial charge in [0.05, 0.1) is 18.4 Å². The van der Waals surface area contributed by atoms with E-state index in [4.69, 9.17) is 9.31 Å². The third kappa shape index (κ3) is 4.42. The van der Waals surface area contributed by atoms with Crippen LogP contribution in [0.3, 0.4) is 0 Å². The molecule has 1 saturated heterocycles. The Kier molecular flexibility index (Phi) is 7.25. The van der Waals surface area contributed by atoms with Gasteiger partial charge in [0.1, 0.15) is 6.07 Å². The van der Waals surface area contributed by atoms with Crippen LogP contribution >= 0.6 is 0 Å². The number of ketones is 2. The molecule has 0 aromatic heterocycles. The lowest BCUT2D eigenvalue weighted by Crippen LogP contribution is -2.65. The summed E-state index contributed by atoms with van der Waals surface area (Å²) in [5.74, 6) is -4.71. The summed E-state index contributed by atoms with van der Waals surface area (Å²) >= 11 is 0. The number of nitrogens with zero attached hydrogens (tertiary/aromatic N) is 1. The van der Waals surface area contributed by atoms with E-state index in [2.05, 4.69) is 40.7 Å². The van der Waals surface area contributed by atoms with E-state index in [1.165, 1.54) is 0 Å². The molecule has 6 aliphatic rings. The first-order valence-corrected chi connectivity index (χ1v) is 16.9. The van der Waals surface area contributed by atoms with Crippen molar-refractivity contribution in [3.05, 3.63) is 23.3 Å². The Hall–Kier alpha value is -3.26. The normalized spacial score (nSPS) is 41.2. The van der Waals surface area contributed by atoms with E-state index in [9.17, 15) is 39.4 Å². The molecule has 47 heavy (non-hydrogen) atoms. The molecule has 2 N–H and O–H groups in total. The number of carbonyl (C=O) groups is 5.